The van der Waals surface area contributed by atoms with Crippen LogP contribution in [-0.4, -0.2) is 28.2 Å². The van der Waals surface area contributed by atoms with Gasteiger partial charge in [0.2, 0.25) is 0 Å². The number of carbonyl (C=O) groups excluding carboxylic acids is 3. The predicted molar refractivity (Wildman–Crippen MR) is 59.4 cm³/mol. The minimum absolute atomic E-state index is 0.135. The molecular formula is C10H14BrNO4. The van der Waals surface area contributed by atoms with Gasteiger partial charge in [-0.3, -0.25) is 9.59 Å². The SMILES string of the molecule is O=C(CCCCCBr)ON1C(=O)CCC1=O. The van der Waals surface area contributed by atoms with E-state index in [-0.39, 0.29) is 19.3 Å². The Balaban J connectivity index is 2.23. The molecule has 5 nitrogen and oxygen atoms in total. The molecule has 1 aliphatic rings. The minimum Gasteiger partial charge on any atom is -0.330 e. The number of halogens is 1. The Morgan fingerprint density at radius 1 is 1.19 bits per heavy atom. The molecule has 2 amide bonds. The molecule has 1 heterocycles. The van der Waals surface area contributed by atoms with Crippen LogP contribution in [0.1, 0.15) is 38.5 Å². The van der Waals surface area contributed by atoms with E-state index in [4.69, 9.17) is 4.84 Å². The normalized spacial score (nSPS) is 15.7. The fraction of sp³-hybridized carbons (Fsp3) is 0.700. The number of hydrogen-bond donors (Lipinski definition) is 0. The molecule has 0 saturated carbocycles. The highest BCUT2D eigenvalue weighted by Gasteiger charge is 2.32. The Kier molecular flexibility index (Phi) is 5.45. The summed E-state index contributed by atoms with van der Waals surface area (Å²) in [7, 11) is 0. The second kappa shape index (κ2) is 6.62. The molecule has 0 unspecified atom stereocenters. The van der Waals surface area contributed by atoms with E-state index < -0.39 is 17.8 Å². The zero-order valence-electron chi connectivity index (χ0n) is 8.91. The molecule has 0 N–H and O–H groups in total. The van der Waals surface area contributed by atoms with Crippen molar-refractivity contribution < 1.29 is 19.2 Å². The van der Waals surface area contributed by atoms with Gasteiger partial charge in [-0.1, -0.05) is 22.4 Å². The third-order valence-corrected chi connectivity index (χ3v) is 2.77. The molecule has 1 saturated heterocycles. The maximum atomic E-state index is 11.3. The maximum absolute atomic E-state index is 11.3. The molecule has 0 atom stereocenters. The van der Waals surface area contributed by atoms with E-state index >= 15 is 0 Å². The summed E-state index contributed by atoms with van der Waals surface area (Å²) < 4.78 is 0. The molecule has 6 heteroatoms. The largest absolute Gasteiger partial charge is 0.333 e. The molecule has 0 radical (unpaired) electrons. The van der Waals surface area contributed by atoms with E-state index in [1.165, 1.54) is 0 Å². The molecule has 1 fully saturated rings. The lowest BCUT2D eigenvalue weighted by Gasteiger charge is -2.12. The minimum atomic E-state index is -0.516. The number of unbranched alkanes of at least 4 members (excludes halogenated alkanes) is 2. The molecule has 0 aromatic carbocycles. The van der Waals surface area contributed by atoms with Crippen molar-refractivity contribution >= 4 is 33.7 Å². The first-order chi connectivity index (χ1) is 7.65. The number of carbonyl (C=O) groups is 3. The van der Waals surface area contributed by atoms with Crippen LogP contribution in [0.3, 0.4) is 0 Å². The summed E-state index contributed by atoms with van der Waals surface area (Å²) in [6, 6.07) is 0. The summed E-state index contributed by atoms with van der Waals surface area (Å²) in [6.07, 6.45) is 3.13. The fourth-order valence-corrected chi connectivity index (χ4v) is 1.74. The molecule has 16 heavy (non-hydrogen) atoms. The highest BCUT2D eigenvalue weighted by atomic mass is 79.9. The van der Waals surface area contributed by atoms with Gasteiger partial charge < -0.3 is 4.84 Å². The van der Waals surface area contributed by atoms with E-state index in [0.717, 1.165) is 18.2 Å². The van der Waals surface area contributed by atoms with Gasteiger partial charge in [-0.05, 0) is 12.8 Å². The van der Waals surface area contributed by atoms with Crippen LogP contribution in [0.25, 0.3) is 0 Å². The smallest absolute Gasteiger partial charge is 0.330 e. The third-order valence-electron chi connectivity index (χ3n) is 2.21. The van der Waals surface area contributed by atoms with Crippen LogP contribution in [-0.2, 0) is 19.2 Å². The van der Waals surface area contributed by atoms with Crippen LogP contribution >= 0.6 is 15.9 Å². The molecule has 0 aromatic rings. The van der Waals surface area contributed by atoms with Gasteiger partial charge in [0.15, 0.2) is 0 Å². The van der Waals surface area contributed by atoms with Crippen molar-refractivity contribution in [3.63, 3.8) is 0 Å². The summed E-state index contributed by atoms with van der Waals surface area (Å²) in [4.78, 5) is 38.2. The first-order valence-electron chi connectivity index (χ1n) is 5.27. The first kappa shape index (κ1) is 13.2. The fourth-order valence-electron chi connectivity index (χ4n) is 1.35. The van der Waals surface area contributed by atoms with Crippen molar-refractivity contribution in [2.75, 3.05) is 5.33 Å². The van der Waals surface area contributed by atoms with Gasteiger partial charge >= 0.3 is 5.97 Å². The highest BCUT2D eigenvalue weighted by molar-refractivity contribution is 9.09. The van der Waals surface area contributed by atoms with Crippen LogP contribution in [0.4, 0.5) is 0 Å². The van der Waals surface area contributed by atoms with E-state index in [0.29, 0.717) is 11.5 Å². The van der Waals surface area contributed by atoms with Gasteiger partial charge in [0, 0.05) is 24.6 Å². The number of alkyl halides is 1. The topological polar surface area (TPSA) is 63.7 Å². The summed E-state index contributed by atoms with van der Waals surface area (Å²) in [5.74, 6) is -1.38. The molecule has 0 aliphatic carbocycles. The Hall–Kier alpha value is -0.910. The number of hydroxylamine groups is 2. The van der Waals surface area contributed by atoms with E-state index in [9.17, 15) is 14.4 Å². The highest BCUT2D eigenvalue weighted by Crippen LogP contribution is 2.13. The van der Waals surface area contributed by atoms with Crippen molar-refractivity contribution in [1.82, 2.24) is 5.06 Å². The van der Waals surface area contributed by atoms with Crippen LogP contribution in [0, 0.1) is 0 Å². The molecule has 90 valence electrons. The second-order valence-corrected chi connectivity index (χ2v) is 4.34. The lowest BCUT2D eigenvalue weighted by atomic mass is 10.2. The van der Waals surface area contributed by atoms with Crippen molar-refractivity contribution in [3.05, 3.63) is 0 Å². The zero-order chi connectivity index (χ0) is 12.0. The lowest BCUT2D eigenvalue weighted by molar-refractivity contribution is -0.197. The molecule has 0 bridgehead atoms. The van der Waals surface area contributed by atoms with Crippen molar-refractivity contribution in [2.45, 2.75) is 38.5 Å². The summed E-state index contributed by atoms with van der Waals surface area (Å²) in [6.45, 7) is 0. The van der Waals surface area contributed by atoms with Crippen LogP contribution in [0.2, 0.25) is 0 Å². The quantitative estimate of drug-likeness (QED) is 0.423. The van der Waals surface area contributed by atoms with Gasteiger partial charge in [-0.15, -0.1) is 5.06 Å². The van der Waals surface area contributed by atoms with Gasteiger partial charge in [0.25, 0.3) is 11.8 Å². The monoisotopic (exact) mass is 291 g/mol. The average Bonchev–Trinajstić information content (AvgIpc) is 2.56. The van der Waals surface area contributed by atoms with Crippen LogP contribution in [0.15, 0.2) is 0 Å². The van der Waals surface area contributed by atoms with Crippen LogP contribution < -0.4 is 0 Å². The third kappa shape index (κ3) is 3.92. The van der Waals surface area contributed by atoms with E-state index in [1.54, 1.807) is 0 Å². The zero-order valence-corrected chi connectivity index (χ0v) is 10.5. The molecule has 1 aliphatic heterocycles. The number of nitrogens with zero attached hydrogens (tertiary/aromatic N) is 1. The van der Waals surface area contributed by atoms with Gasteiger partial charge in [-0.25, -0.2) is 4.79 Å². The average molecular weight is 292 g/mol. The van der Waals surface area contributed by atoms with Gasteiger partial charge in [0.05, 0.1) is 0 Å². The molecular weight excluding hydrogens is 278 g/mol. The summed E-state index contributed by atoms with van der Waals surface area (Å²) in [5.41, 5.74) is 0. The summed E-state index contributed by atoms with van der Waals surface area (Å²) in [5, 5.41) is 1.50. The Bertz CT molecular complexity index is 277. The second-order valence-electron chi connectivity index (χ2n) is 3.54. The Morgan fingerprint density at radius 3 is 2.38 bits per heavy atom. The first-order valence-corrected chi connectivity index (χ1v) is 6.40. The van der Waals surface area contributed by atoms with Crippen LogP contribution in [0.5, 0.6) is 0 Å². The number of amides is 2. The van der Waals surface area contributed by atoms with E-state index in [2.05, 4.69) is 15.9 Å². The molecule has 0 aromatic heterocycles. The number of hydrogen-bond acceptors (Lipinski definition) is 4. The summed E-state index contributed by atoms with van der Waals surface area (Å²) >= 11 is 3.29. The predicted octanol–water partition coefficient (Wildman–Crippen LogP) is 1.55. The Morgan fingerprint density at radius 2 is 1.81 bits per heavy atom. The van der Waals surface area contributed by atoms with Gasteiger partial charge in [-0.2, -0.15) is 0 Å². The van der Waals surface area contributed by atoms with Crippen molar-refractivity contribution in [2.24, 2.45) is 0 Å². The number of imide groups is 1. The standard InChI is InChI=1S/C10H14BrNO4/c11-7-3-1-2-4-10(15)16-12-8(13)5-6-9(12)14/h1-7H2. The van der Waals surface area contributed by atoms with Gasteiger partial charge in [0.1, 0.15) is 0 Å². The van der Waals surface area contributed by atoms with Crippen molar-refractivity contribution in [1.29, 1.82) is 0 Å². The molecule has 1 rings (SSSR count). The maximum Gasteiger partial charge on any atom is 0.333 e. The van der Waals surface area contributed by atoms with Crippen molar-refractivity contribution in [3.8, 4) is 0 Å². The number of rotatable bonds is 6. The lowest BCUT2D eigenvalue weighted by Crippen LogP contribution is -2.31. The van der Waals surface area contributed by atoms with E-state index in [1.807, 2.05) is 0 Å². The Labute approximate surface area is 102 Å². The molecule has 0 spiro atoms.